The largest absolute Gasteiger partial charge is 0.573 e. The lowest BCUT2D eigenvalue weighted by Crippen LogP contribution is -2.55. The van der Waals surface area contributed by atoms with E-state index in [2.05, 4.69) is 9.46 Å². The fourth-order valence-electron chi connectivity index (χ4n) is 4.77. The fourth-order valence-corrected chi connectivity index (χ4v) is 6.11. The van der Waals surface area contributed by atoms with E-state index in [0.29, 0.717) is 30.8 Å². The monoisotopic (exact) mass is 519 g/mol. The number of alkyl halides is 3. The number of hydrogen-bond donors (Lipinski definition) is 3. The van der Waals surface area contributed by atoms with Crippen LogP contribution in [0.4, 0.5) is 24.5 Å². The summed E-state index contributed by atoms with van der Waals surface area (Å²) in [4.78, 5) is 2.02. The SMILES string of the molecule is N=S(=O)(N[C@H]1CCC[C@H](N2c3ccccc3Oc3ccccc32)[C@@H]1O)c1ccc(OC(F)(F)F)cc1. The average Bonchev–Trinajstić information content (AvgIpc) is 2.83. The van der Waals surface area contributed by atoms with Gasteiger partial charge in [-0.3, -0.25) is 0 Å². The summed E-state index contributed by atoms with van der Waals surface area (Å²) in [5, 5.41) is 11.4. The molecule has 1 aliphatic carbocycles. The Bertz CT molecular complexity index is 1300. The second-order valence-corrected chi connectivity index (χ2v) is 10.5. The summed E-state index contributed by atoms with van der Waals surface area (Å²) in [6.07, 6.45) is -3.99. The van der Waals surface area contributed by atoms with Crippen LogP contribution in [0.5, 0.6) is 17.2 Å². The average molecular weight is 520 g/mol. The summed E-state index contributed by atoms with van der Waals surface area (Å²) >= 11 is 0. The first kappa shape index (κ1) is 24.4. The first-order valence-electron chi connectivity index (χ1n) is 11.4. The number of aliphatic hydroxyl groups is 1. The quantitative estimate of drug-likeness (QED) is 0.401. The van der Waals surface area contributed by atoms with Crippen LogP contribution in [0.25, 0.3) is 0 Å². The van der Waals surface area contributed by atoms with Crippen LogP contribution in [0.3, 0.4) is 0 Å². The van der Waals surface area contributed by atoms with Crippen molar-refractivity contribution in [3.8, 4) is 17.2 Å². The number of benzene rings is 3. The Morgan fingerprint density at radius 3 is 2.14 bits per heavy atom. The maximum absolute atomic E-state index is 13.2. The molecule has 5 rings (SSSR count). The molecular formula is C25H24F3N3O4S. The summed E-state index contributed by atoms with van der Waals surface area (Å²) in [5.74, 6) is 0.844. The third-order valence-corrected chi connectivity index (χ3v) is 7.90. The molecule has 2 aliphatic rings. The molecule has 7 nitrogen and oxygen atoms in total. The van der Waals surface area contributed by atoms with E-state index in [1.54, 1.807) is 0 Å². The van der Waals surface area contributed by atoms with Crippen LogP contribution < -0.4 is 19.1 Å². The van der Waals surface area contributed by atoms with Crippen molar-refractivity contribution >= 4 is 21.3 Å². The number of aliphatic hydroxyl groups excluding tert-OH is 1. The van der Waals surface area contributed by atoms with E-state index in [4.69, 9.17) is 9.52 Å². The van der Waals surface area contributed by atoms with Crippen molar-refractivity contribution in [2.24, 2.45) is 0 Å². The molecule has 0 amide bonds. The van der Waals surface area contributed by atoms with Crippen molar-refractivity contribution in [1.82, 2.24) is 4.72 Å². The minimum atomic E-state index is -4.85. The maximum atomic E-state index is 13.2. The standard InChI is InChI=1S/C25H24F3N3O4S/c26-25(27,28)35-16-12-14-17(15-13-16)36(29,33)30-18-6-5-9-21(24(18)32)31-19-7-1-3-10-22(19)34-23-11-4-2-8-20(23)31/h1-4,7-8,10-15,18,21,24,32H,5-6,9H2,(H2,29,30,33)/t18-,21-,24+,36?/m0/s1. The number of nitrogens with zero attached hydrogens (tertiary/aromatic N) is 1. The summed E-state index contributed by atoms with van der Waals surface area (Å²) < 4.78 is 71.6. The van der Waals surface area contributed by atoms with Gasteiger partial charge in [-0.2, -0.15) is 0 Å². The fraction of sp³-hybridized carbons (Fsp3) is 0.280. The van der Waals surface area contributed by atoms with Crippen LogP contribution in [0, 0.1) is 4.78 Å². The van der Waals surface area contributed by atoms with Gasteiger partial charge < -0.3 is 19.5 Å². The number of para-hydroxylation sites is 4. The van der Waals surface area contributed by atoms with Gasteiger partial charge in [0.25, 0.3) is 0 Å². The zero-order valence-electron chi connectivity index (χ0n) is 18.9. The number of anilines is 2. The van der Waals surface area contributed by atoms with Gasteiger partial charge in [-0.05, 0) is 67.8 Å². The second kappa shape index (κ2) is 9.30. The molecular weight excluding hydrogens is 495 g/mol. The molecule has 3 aromatic rings. The van der Waals surface area contributed by atoms with Crippen molar-refractivity contribution in [3.63, 3.8) is 0 Å². The predicted octanol–water partition coefficient (Wildman–Crippen LogP) is 5.72. The molecule has 1 heterocycles. The van der Waals surface area contributed by atoms with E-state index >= 15 is 0 Å². The van der Waals surface area contributed by atoms with Crippen LogP contribution in [0.1, 0.15) is 19.3 Å². The molecule has 3 N–H and O–H groups in total. The zero-order chi connectivity index (χ0) is 25.5. The highest BCUT2D eigenvalue weighted by Gasteiger charge is 2.40. The zero-order valence-corrected chi connectivity index (χ0v) is 19.8. The normalized spacial score (nSPS) is 23.1. The Hall–Kier alpha value is -3.28. The molecule has 3 aromatic carbocycles. The molecule has 0 spiro atoms. The highest BCUT2D eigenvalue weighted by Crippen LogP contribution is 2.49. The van der Waals surface area contributed by atoms with Crippen LogP contribution in [-0.2, 0) is 9.92 Å². The topological polar surface area (TPSA) is 94.9 Å². The number of ether oxygens (including phenoxy) is 2. The summed E-state index contributed by atoms with van der Waals surface area (Å²) in [7, 11) is -3.62. The van der Waals surface area contributed by atoms with E-state index < -0.39 is 34.2 Å². The van der Waals surface area contributed by atoms with Crippen molar-refractivity contribution < 1.29 is 32.0 Å². The van der Waals surface area contributed by atoms with E-state index in [-0.39, 0.29) is 10.9 Å². The van der Waals surface area contributed by atoms with Gasteiger partial charge in [0.1, 0.15) is 15.7 Å². The predicted molar refractivity (Wildman–Crippen MR) is 128 cm³/mol. The van der Waals surface area contributed by atoms with E-state index in [0.717, 1.165) is 35.6 Å². The number of nitrogens with one attached hydrogen (secondary N) is 2. The van der Waals surface area contributed by atoms with Gasteiger partial charge in [-0.25, -0.2) is 13.7 Å². The van der Waals surface area contributed by atoms with Gasteiger partial charge >= 0.3 is 6.36 Å². The summed E-state index contributed by atoms with van der Waals surface area (Å²) in [6, 6.07) is 18.3. The van der Waals surface area contributed by atoms with Crippen molar-refractivity contribution in [1.29, 1.82) is 4.78 Å². The number of fused-ring (bicyclic) bond motifs is 2. The Kier molecular flexibility index (Phi) is 6.31. The third kappa shape index (κ3) is 4.86. The second-order valence-electron chi connectivity index (χ2n) is 8.70. The van der Waals surface area contributed by atoms with Gasteiger partial charge in [0.05, 0.1) is 28.4 Å². The Labute approximate surface area is 206 Å². The van der Waals surface area contributed by atoms with Gasteiger partial charge in [0.15, 0.2) is 11.5 Å². The van der Waals surface area contributed by atoms with Gasteiger partial charge in [0.2, 0.25) is 0 Å². The van der Waals surface area contributed by atoms with Crippen LogP contribution in [0.15, 0.2) is 77.7 Å². The highest BCUT2D eigenvalue weighted by molar-refractivity contribution is 7.90. The smallest absolute Gasteiger partial charge is 0.453 e. The van der Waals surface area contributed by atoms with Crippen molar-refractivity contribution in [2.75, 3.05) is 4.90 Å². The van der Waals surface area contributed by atoms with Crippen molar-refractivity contribution in [2.45, 2.75) is 48.7 Å². The number of halogens is 3. The minimum Gasteiger partial charge on any atom is -0.453 e. The first-order chi connectivity index (χ1) is 17.1. The molecule has 11 heteroatoms. The molecule has 1 unspecified atom stereocenters. The summed E-state index contributed by atoms with van der Waals surface area (Å²) in [5.41, 5.74) is 1.60. The maximum Gasteiger partial charge on any atom is 0.573 e. The number of hydrogen-bond acceptors (Lipinski definition) is 6. The van der Waals surface area contributed by atoms with Crippen LogP contribution in [-0.4, -0.2) is 33.9 Å². The Morgan fingerprint density at radius 1 is 0.972 bits per heavy atom. The Morgan fingerprint density at radius 2 is 1.56 bits per heavy atom. The van der Waals surface area contributed by atoms with E-state index in [9.17, 15) is 22.5 Å². The van der Waals surface area contributed by atoms with Crippen molar-refractivity contribution in [3.05, 3.63) is 72.8 Å². The molecule has 4 atom stereocenters. The molecule has 1 aliphatic heterocycles. The molecule has 0 saturated heterocycles. The van der Waals surface area contributed by atoms with Gasteiger partial charge in [-0.1, -0.05) is 24.3 Å². The van der Waals surface area contributed by atoms with Crippen LogP contribution in [0.2, 0.25) is 0 Å². The van der Waals surface area contributed by atoms with E-state index in [1.807, 2.05) is 53.4 Å². The molecule has 0 radical (unpaired) electrons. The first-order valence-corrected chi connectivity index (χ1v) is 12.9. The van der Waals surface area contributed by atoms with Gasteiger partial charge in [-0.15, -0.1) is 13.2 Å². The molecule has 0 aromatic heterocycles. The highest BCUT2D eigenvalue weighted by atomic mass is 32.2. The van der Waals surface area contributed by atoms with Gasteiger partial charge in [0, 0.05) is 6.04 Å². The lowest BCUT2D eigenvalue weighted by molar-refractivity contribution is -0.274. The minimum absolute atomic E-state index is 0.00610. The van der Waals surface area contributed by atoms with E-state index in [1.165, 1.54) is 0 Å². The van der Waals surface area contributed by atoms with Crippen LogP contribution >= 0.6 is 0 Å². The molecule has 1 saturated carbocycles. The summed E-state index contributed by atoms with van der Waals surface area (Å²) in [6.45, 7) is 0. The lowest BCUT2D eigenvalue weighted by Gasteiger charge is -2.45. The third-order valence-electron chi connectivity index (χ3n) is 6.33. The molecule has 36 heavy (non-hydrogen) atoms. The lowest BCUT2D eigenvalue weighted by atomic mass is 9.86. The molecule has 1 fully saturated rings. The molecule has 0 bridgehead atoms. The Balaban J connectivity index is 1.39. The molecule has 190 valence electrons. The number of rotatable bonds is 5.